The van der Waals surface area contributed by atoms with Crippen LogP contribution in [0.15, 0.2) is 36.5 Å². The molecule has 0 radical (unpaired) electrons. The zero-order valence-corrected chi connectivity index (χ0v) is 17.5. The Morgan fingerprint density at radius 2 is 1.93 bits per heavy atom. The number of carbonyl (C=O) groups excluding carboxylic acids is 1. The largest absolute Gasteiger partial charge is 0.372 e. The van der Waals surface area contributed by atoms with Crippen molar-refractivity contribution in [3.8, 4) is 11.1 Å². The lowest BCUT2D eigenvalue weighted by molar-refractivity contribution is -0.124. The minimum atomic E-state index is -0.0317. The van der Waals surface area contributed by atoms with Gasteiger partial charge in [0.15, 0.2) is 0 Å². The molecule has 1 saturated heterocycles. The van der Waals surface area contributed by atoms with Gasteiger partial charge in [-0.3, -0.25) is 9.78 Å². The van der Waals surface area contributed by atoms with Crippen LogP contribution < -0.4 is 10.2 Å². The van der Waals surface area contributed by atoms with E-state index in [1.807, 2.05) is 33.0 Å². The topological polar surface area (TPSA) is 54.5 Å². The van der Waals surface area contributed by atoms with Crippen molar-refractivity contribution >= 4 is 11.6 Å². The van der Waals surface area contributed by atoms with Crippen LogP contribution in [0.1, 0.15) is 39.0 Å². The van der Waals surface area contributed by atoms with Gasteiger partial charge >= 0.3 is 0 Å². The van der Waals surface area contributed by atoms with Gasteiger partial charge in [-0.05, 0) is 61.7 Å². The highest BCUT2D eigenvalue weighted by atomic mass is 16.5. The standard InChI is InChI=1S/C23H31N3O2/c1-15(2)23(27)25-12-20-11-21(26-13-17(4)28-18(5)14-26)6-7-22(20)19-8-9-24-16(3)10-19/h6-11,15,17-18H,12-14H2,1-5H3,(H,25,27)/t17-,18+. The van der Waals surface area contributed by atoms with Crippen LogP contribution in [-0.2, 0) is 16.1 Å². The molecule has 0 unspecified atom stereocenters. The lowest BCUT2D eigenvalue weighted by Crippen LogP contribution is -2.45. The van der Waals surface area contributed by atoms with Crippen LogP contribution >= 0.6 is 0 Å². The fraction of sp³-hybridized carbons (Fsp3) is 0.478. The van der Waals surface area contributed by atoms with Gasteiger partial charge in [0.2, 0.25) is 5.91 Å². The number of benzene rings is 1. The summed E-state index contributed by atoms with van der Waals surface area (Å²) < 4.78 is 5.87. The van der Waals surface area contributed by atoms with Gasteiger partial charge in [0.05, 0.1) is 12.2 Å². The first kappa shape index (κ1) is 20.3. The molecular formula is C23H31N3O2. The maximum absolute atomic E-state index is 12.1. The smallest absolute Gasteiger partial charge is 0.222 e. The molecule has 0 bridgehead atoms. The van der Waals surface area contributed by atoms with Gasteiger partial charge in [0.1, 0.15) is 0 Å². The van der Waals surface area contributed by atoms with Crippen molar-refractivity contribution in [3.63, 3.8) is 0 Å². The Morgan fingerprint density at radius 1 is 1.21 bits per heavy atom. The number of carbonyl (C=O) groups is 1. The summed E-state index contributed by atoms with van der Waals surface area (Å²) in [5, 5.41) is 3.07. The number of aromatic nitrogens is 1. The average molecular weight is 382 g/mol. The molecule has 3 rings (SSSR count). The third-order valence-corrected chi connectivity index (χ3v) is 5.06. The lowest BCUT2D eigenvalue weighted by atomic mass is 9.98. The summed E-state index contributed by atoms with van der Waals surface area (Å²) in [5.41, 5.74) is 5.52. The van der Waals surface area contributed by atoms with Gasteiger partial charge in [-0.1, -0.05) is 19.9 Å². The Balaban J connectivity index is 1.94. The summed E-state index contributed by atoms with van der Waals surface area (Å²) in [5.74, 6) is 0.0339. The molecule has 1 aromatic heterocycles. The molecule has 5 heteroatoms. The van der Waals surface area contributed by atoms with Gasteiger partial charge in [-0.25, -0.2) is 0 Å². The van der Waals surface area contributed by atoms with Crippen LogP contribution in [0.3, 0.4) is 0 Å². The molecule has 2 aromatic rings. The molecule has 1 amide bonds. The Kier molecular flexibility index (Phi) is 6.35. The van der Waals surface area contributed by atoms with Crippen LogP contribution in [0.25, 0.3) is 11.1 Å². The van der Waals surface area contributed by atoms with E-state index in [2.05, 4.69) is 53.3 Å². The molecule has 1 N–H and O–H groups in total. The Hall–Kier alpha value is -2.40. The SMILES string of the molecule is Cc1cc(-c2ccc(N3C[C@@H](C)O[C@@H](C)C3)cc2CNC(=O)C(C)C)ccn1. The first-order chi connectivity index (χ1) is 13.3. The molecule has 1 aliphatic heterocycles. The van der Waals surface area contributed by atoms with Crippen molar-refractivity contribution in [2.45, 2.75) is 53.4 Å². The summed E-state index contributed by atoms with van der Waals surface area (Å²) in [6.45, 7) is 12.3. The van der Waals surface area contributed by atoms with Crippen molar-refractivity contribution in [1.29, 1.82) is 0 Å². The van der Waals surface area contributed by atoms with Crippen molar-refractivity contribution < 1.29 is 9.53 Å². The van der Waals surface area contributed by atoms with E-state index in [1.54, 1.807) is 0 Å². The molecule has 2 heterocycles. The first-order valence-electron chi connectivity index (χ1n) is 10.1. The molecule has 2 atom stereocenters. The highest BCUT2D eigenvalue weighted by Crippen LogP contribution is 2.30. The summed E-state index contributed by atoms with van der Waals surface area (Å²) in [6, 6.07) is 10.6. The second-order valence-electron chi connectivity index (χ2n) is 8.06. The number of nitrogens with one attached hydrogen (secondary N) is 1. The summed E-state index contributed by atoms with van der Waals surface area (Å²) in [4.78, 5) is 18.8. The minimum Gasteiger partial charge on any atom is -0.372 e. The summed E-state index contributed by atoms with van der Waals surface area (Å²) >= 11 is 0. The van der Waals surface area contributed by atoms with Crippen molar-refractivity contribution in [2.75, 3.05) is 18.0 Å². The van der Waals surface area contributed by atoms with Crippen LogP contribution in [0, 0.1) is 12.8 Å². The molecule has 1 fully saturated rings. The maximum Gasteiger partial charge on any atom is 0.222 e. The fourth-order valence-electron chi connectivity index (χ4n) is 3.69. The van der Waals surface area contributed by atoms with Crippen LogP contribution in [-0.4, -0.2) is 36.2 Å². The molecule has 0 saturated carbocycles. The third-order valence-electron chi connectivity index (χ3n) is 5.06. The van der Waals surface area contributed by atoms with E-state index >= 15 is 0 Å². The minimum absolute atomic E-state index is 0.0317. The predicted molar refractivity (Wildman–Crippen MR) is 113 cm³/mol. The number of hydrogen-bond donors (Lipinski definition) is 1. The number of amides is 1. The fourth-order valence-corrected chi connectivity index (χ4v) is 3.69. The molecular weight excluding hydrogens is 350 g/mol. The molecule has 1 aromatic carbocycles. The number of pyridine rings is 1. The van der Waals surface area contributed by atoms with Crippen molar-refractivity contribution in [2.24, 2.45) is 5.92 Å². The summed E-state index contributed by atoms with van der Waals surface area (Å²) in [7, 11) is 0. The van der Waals surface area contributed by atoms with Crippen LogP contribution in [0.2, 0.25) is 0 Å². The number of ether oxygens (including phenoxy) is 1. The molecule has 1 aliphatic rings. The maximum atomic E-state index is 12.1. The lowest BCUT2D eigenvalue weighted by Gasteiger charge is -2.37. The number of anilines is 1. The molecule has 150 valence electrons. The van der Waals surface area contributed by atoms with E-state index < -0.39 is 0 Å². The quantitative estimate of drug-likeness (QED) is 0.852. The zero-order chi connectivity index (χ0) is 20.3. The Labute approximate surface area is 168 Å². The van der Waals surface area contributed by atoms with Crippen LogP contribution in [0.5, 0.6) is 0 Å². The summed E-state index contributed by atoms with van der Waals surface area (Å²) in [6.07, 6.45) is 2.24. The Bertz CT molecular complexity index is 824. The molecule has 28 heavy (non-hydrogen) atoms. The number of aryl methyl sites for hydroxylation is 1. The van der Waals surface area contributed by atoms with Crippen molar-refractivity contribution in [1.82, 2.24) is 10.3 Å². The molecule has 0 spiro atoms. The Morgan fingerprint density at radius 3 is 2.57 bits per heavy atom. The number of morpholine rings is 1. The van der Waals surface area contributed by atoms with Crippen molar-refractivity contribution in [3.05, 3.63) is 47.8 Å². The zero-order valence-electron chi connectivity index (χ0n) is 17.5. The number of hydrogen-bond acceptors (Lipinski definition) is 4. The highest BCUT2D eigenvalue weighted by molar-refractivity contribution is 5.78. The van der Waals surface area contributed by atoms with E-state index in [9.17, 15) is 4.79 Å². The second kappa shape index (κ2) is 8.74. The van der Waals surface area contributed by atoms with Gasteiger partial charge in [0.25, 0.3) is 0 Å². The highest BCUT2D eigenvalue weighted by Gasteiger charge is 2.23. The monoisotopic (exact) mass is 381 g/mol. The van der Waals surface area contributed by atoms with Gasteiger partial charge in [-0.2, -0.15) is 0 Å². The van der Waals surface area contributed by atoms with E-state index in [-0.39, 0.29) is 24.0 Å². The second-order valence-corrected chi connectivity index (χ2v) is 8.06. The van der Waals surface area contributed by atoms with Gasteiger partial charge < -0.3 is 15.0 Å². The van der Waals surface area contributed by atoms with Gasteiger partial charge in [-0.15, -0.1) is 0 Å². The van der Waals surface area contributed by atoms with Gasteiger partial charge in [0, 0.05) is 43.1 Å². The normalized spacial score (nSPS) is 19.7. The van der Waals surface area contributed by atoms with Crippen LogP contribution in [0.4, 0.5) is 5.69 Å². The number of rotatable bonds is 5. The first-order valence-corrected chi connectivity index (χ1v) is 10.1. The van der Waals surface area contributed by atoms with E-state index in [0.29, 0.717) is 6.54 Å². The number of nitrogens with zero attached hydrogens (tertiary/aromatic N) is 2. The van der Waals surface area contributed by atoms with E-state index in [0.717, 1.165) is 35.5 Å². The predicted octanol–water partition coefficient (Wildman–Crippen LogP) is 3.94. The van der Waals surface area contributed by atoms with E-state index in [1.165, 1.54) is 5.69 Å². The third kappa shape index (κ3) is 4.90. The molecule has 0 aliphatic carbocycles. The van der Waals surface area contributed by atoms with E-state index in [4.69, 9.17) is 4.74 Å². The average Bonchev–Trinajstić information content (AvgIpc) is 2.65. The molecule has 5 nitrogen and oxygen atoms in total.